The average molecular weight is 462 g/mol. The maximum atomic E-state index is 13.5. The normalized spacial score (nSPS) is 18.2. The lowest BCUT2D eigenvalue weighted by Crippen LogP contribution is -2.34. The maximum absolute atomic E-state index is 13.5. The summed E-state index contributed by atoms with van der Waals surface area (Å²) in [4.78, 5) is 25.2. The number of ether oxygens (including phenoxy) is 3. The van der Waals surface area contributed by atoms with Gasteiger partial charge in [0.25, 0.3) is 0 Å². The Bertz CT molecular complexity index is 1030. The molecular formula is C24H25ClFNO5. The van der Waals surface area contributed by atoms with Crippen LogP contribution in [0.4, 0.5) is 4.39 Å². The predicted molar refractivity (Wildman–Crippen MR) is 119 cm³/mol. The molecule has 6 nitrogen and oxygen atoms in total. The number of rotatable bonds is 8. The van der Waals surface area contributed by atoms with Crippen LogP contribution in [0.25, 0.3) is 0 Å². The molecule has 1 aliphatic rings. The first kappa shape index (κ1) is 23.6. The molecule has 8 heteroatoms. The van der Waals surface area contributed by atoms with Gasteiger partial charge in [0.1, 0.15) is 17.3 Å². The van der Waals surface area contributed by atoms with Crippen LogP contribution in [-0.4, -0.2) is 39.2 Å². The van der Waals surface area contributed by atoms with E-state index < -0.39 is 17.7 Å². The Morgan fingerprint density at radius 1 is 1.12 bits per heavy atom. The molecule has 0 radical (unpaired) electrons. The van der Waals surface area contributed by atoms with Crippen LogP contribution in [0.15, 0.2) is 48.6 Å². The summed E-state index contributed by atoms with van der Waals surface area (Å²) >= 11 is 6.20. The monoisotopic (exact) mass is 461 g/mol. The van der Waals surface area contributed by atoms with Crippen LogP contribution in [0.2, 0.25) is 5.02 Å². The minimum absolute atomic E-state index is 0.111. The van der Waals surface area contributed by atoms with E-state index in [0.29, 0.717) is 29.0 Å². The fourth-order valence-electron chi connectivity index (χ4n) is 3.95. The van der Waals surface area contributed by atoms with E-state index in [1.54, 1.807) is 32.4 Å². The zero-order chi connectivity index (χ0) is 23.3. The van der Waals surface area contributed by atoms with Gasteiger partial charge >= 0.3 is 5.97 Å². The molecule has 2 aromatic carbocycles. The topological polar surface area (TPSA) is 73.9 Å². The van der Waals surface area contributed by atoms with Gasteiger partial charge in [-0.15, -0.1) is 0 Å². The van der Waals surface area contributed by atoms with Crippen molar-refractivity contribution < 1.29 is 28.2 Å². The van der Waals surface area contributed by atoms with Gasteiger partial charge in [-0.05, 0) is 48.2 Å². The molecule has 1 amide bonds. The summed E-state index contributed by atoms with van der Waals surface area (Å²) in [7, 11) is 4.40. The second kappa shape index (κ2) is 10.5. The van der Waals surface area contributed by atoms with Gasteiger partial charge in [-0.2, -0.15) is 0 Å². The number of allylic oxidation sites excluding steroid dienone is 1. The van der Waals surface area contributed by atoms with E-state index in [0.717, 1.165) is 0 Å². The number of amides is 1. The summed E-state index contributed by atoms with van der Waals surface area (Å²) in [5, 5.41) is 3.12. The molecule has 3 rings (SSSR count). The average Bonchev–Trinajstić information content (AvgIpc) is 3.22. The van der Waals surface area contributed by atoms with Crippen molar-refractivity contribution in [3.63, 3.8) is 0 Å². The minimum atomic E-state index is -0.704. The van der Waals surface area contributed by atoms with Crippen molar-refractivity contribution in [2.45, 2.75) is 24.8 Å². The molecule has 170 valence electrons. The van der Waals surface area contributed by atoms with Gasteiger partial charge in [0.2, 0.25) is 5.91 Å². The summed E-state index contributed by atoms with van der Waals surface area (Å²) in [5.74, 6) is -0.888. The summed E-state index contributed by atoms with van der Waals surface area (Å²) in [5.41, 5.74) is 1.19. The van der Waals surface area contributed by atoms with Crippen LogP contribution in [-0.2, 0) is 20.7 Å². The van der Waals surface area contributed by atoms with Gasteiger partial charge in [0.15, 0.2) is 0 Å². The molecule has 0 saturated carbocycles. The lowest BCUT2D eigenvalue weighted by Gasteiger charge is -2.23. The number of nitrogens with one attached hydrogen (secondary N) is 1. The van der Waals surface area contributed by atoms with Crippen molar-refractivity contribution in [1.29, 1.82) is 0 Å². The van der Waals surface area contributed by atoms with Gasteiger partial charge in [-0.25, -0.2) is 4.39 Å². The van der Waals surface area contributed by atoms with Gasteiger partial charge in [0, 0.05) is 16.6 Å². The zero-order valence-electron chi connectivity index (χ0n) is 18.1. The van der Waals surface area contributed by atoms with E-state index in [2.05, 4.69) is 5.32 Å². The van der Waals surface area contributed by atoms with E-state index in [1.165, 1.54) is 25.3 Å². The smallest absolute Gasteiger partial charge is 0.313 e. The van der Waals surface area contributed by atoms with Crippen molar-refractivity contribution in [1.82, 2.24) is 5.32 Å². The predicted octanol–water partition coefficient (Wildman–Crippen LogP) is 4.06. The van der Waals surface area contributed by atoms with Gasteiger partial charge < -0.3 is 19.5 Å². The third-order valence-electron chi connectivity index (χ3n) is 5.48. The van der Waals surface area contributed by atoms with Crippen molar-refractivity contribution in [3.05, 3.63) is 70.5 Å². The number of carbonyl (C=O) groups excluding carboxylic acids is 2. The van der Waals surface area contributed by atoms with E-state index in [9.17, 15) is 14.0 Å². The first-order chi connectivity index (χ1) is 15.4. The molecule has 3 atom stereocenters. The molecule has 0 heterocycles. The molecule has 1 N–H and O–H groups in total. The molecule has 0 aliphatic heterocycles. The summed E-state index contributed by atoms with van der Waals surface area (Å²) in [6.45, 7) is 0. The molecule has 1 aliphatic carbocycles. The fourth-order valence-corrected chi connectivity index (χ4v) is 4.23. The standard InChI is InChI=1S/C24H25ClFNO5/c1-30-18-7-9-21(31-2)15(11-18)12-22(28)27-17-6-4-14(10-17)23(24(29)32-3)19-8-5-16(26)13-20(19)25/h4-9,11,13-14,17,23H,10,12H2,1-3H3,(H,27,28)/t14-,17-,23+/m1/s1. The van der Waals surface area contributed by atoms with Gasteiger partial charge in [-0.3, -0.25) is 9.59 Å². The number of esters is 1. The number of hydrogen-bond acceptors (Lipinski definition) is 5. The molecule has 0 unspecified atom stereocenters. The van der Waals surface area contributed by atoms with E-state index in [-0.39, 0.29) is 29.3 Å². The largest absolute Gasteiger partial charge is 0.497 e. The zero-order valence-corrected chi connectivity index (χ0v) is 18.8. The molecule has 32 heavy (non-hydrogen) atoms. The maximum Gasteiger partial charge on any atom is 0.313 e. The second-order valence-corrected chi connectivity index (χ2v) is 7.89. The van der Waals surface area contributed by atoms with Crippen LogP contribution in [0.1, 0.15) is 23.5 Å². The number of halogens is 2. The summed E-state index contributed by atoms with van der Waals surface area (Å²) in [6.07, 6.45) is 4.30. The Balaban J connectivity index is 1.69. The van der Waals surface area contributed by atoms with Crippen LogP contribution in [0, 0.1) is 11.7 Å². The van der Waals surface area contributed by atoms with Gasteiger partial charge in [0.05, 0.1) is 33.7 Å². The summed E-state index contributed by atoms with van der Waals surface area (Å²) in [6, 6.07) is 8.93. The number of methoxy groups -OCH3 is 3. The Morgan fingerprint density at radius 2 is 1.91 bits per heavy atom. The summed E-state index contributed by atoms with van der Waals surface area (Å²) < 4.78 is 29.0. The highest BCUT2D eigenvalue weighted by Crippen LogP contribution is 2.37. The third kappa shape index (κ3) is 5.40. The van der Waals surface area contributed by atoms with Crippen molar-refractivity contribution in [2.24, 2.45) is 5.92 Å². The van der Waals surface area contributed by atoms with Crippen molar-refractivity contribution in [3.8, 4) is 11.5 Å². The van der Waals surface area contributed by atoms with E-state index in [4.69, 9.17) is 25.8 Å². The van der Waals surface area contributed by atoms with Gasteiger partial charge in [-0.1, -0.05) is 29.8 Å². The van der Waals surface area contributed by atoms with Crippen molar-refractivity contribution >= 4 is 23.5 Å². The highest BCUT2D eigenvalue weighted by Gasteiger charge is 2.35. The molecule has 0 fully saturated rings. The number of benzene rings is 2. The van der Waals surface area contributed by atoms with Crippen molar-refractivity contribution in [2.75, 3.05) is 21.3 Å². The highest BCUT2D eigenvalue weighted by molar-refractivity contribution is 6.31. The Hall–Kier alpha value is -3.06. The molecular weight excluding hydrogens is 437 g/mol. The SMILES string of the molecule is COC(=O)[C@H](c1ccc(F)cc1Cl)[C@@H]1C=C[C@@H](NC(=O)Cc2cc(OC)ccc2OC)C1. The first-order valence-corrected chi connectivity index (χ1v) is 10.5. The quantitative estimate of drug-likeness (QED) is 0.474. The van der Waals surface area contributed by atoms with Crippen LogP contribution in [0.5, 0.6) is 11.5 Å². The lowest BCUT2D eigenvalue weighted by molar-refractivity contribution is -0.143. The first-order valence-electron chi connectivity index (χ1n) is 10.1. The Kier molecular flexibility index (Phi) is 7.75. The van der Waals surface area contributed by atoms with Crippen LogP contribution in [0.3, 0.4) is 0 Å². The van der Waals surface area contributed by atoms with E-state index in [1.807, 2.05) is 12.2 Å². The fraction of sp³-hybridized carbons (Fsp3) is 0.333. The highest BCUT2D eigenvalue weighted by atomic mass is 35.5. The molecule has 0 aromatic heterocycles. The number of hydrogen-bond donors (Lipinski definition) is 1. The molecule has 0 spiro atoms. The molecule has 2 aromatic rings. The third-order valence-corrected chi connectivity index (χ3v) is 5.81. The number of carbonyl (C=O) groups is 2. The molecule has 0 saturated heterocycles. The molecule has 0 bridgehead atoms. The van der Waals surface area contributed by atoms with E-state index >= 15 is 0 Å². The Morgan fingerprint density at radius 3 is 2.56 bits per heavy atom. The Labute approximate surface area is 191 Å². The minimum Gasteiger partial charge on any atom is -0.497 e. The lowest BCUT2D eigenvalue weighted by atomic mass is 9.85. The van der Waals surface area contributed by atoms with Crippen LogP contribution < -0.4 is 14.8 Å². The second-order valence-electron chi connectivity index (χ2n) is 7.48. The van der Waals surface area contributed by atoms with Crippen LogP contribution >= 0.6 is 11.6 Å².